The van der Waals surface area contributed by atoms with Crippen LogP contribution >= 0.6 is 0 Å². The van der Waals surface area contributed by atoms with Crippen LogP contribution in [0.15, 0.2) is 0 Å². The molecule has 2 heterocycles. The van der Waals surface area contributed by atoms with Gasteiger partial charge in [0.05, 0.1) is 0 Å². The second-order valence-electron chi connectivity index (χ2n) is 4.13. The monoisotopic (exact) mass is 227 g/mol. The van der Waals surface area contributed by atoms with Crippen LogP contribution in [0.4, 0.5) is 4.79 Å². The smallest absolute Gasteiger partial charge is 0.405 e. The molecule has 0 aliphatic carbocycles. The Morgan fingerprint density at radius 3 is 2.69 bits per heavy atom. The molecule has 88 valence electrons. The van der Waals surface area contributed by atoms with Gasteiger partial charge in [0.1, 0.15) is 12.1 Å². The molecule has 3 atom stereocenters. The molecule has 2 rings (SSSR count). The molecule has 0 aromatic rings. The Morgan fingerprint density at radius 1 is 1.44 bits per heavy atom. The van der Waals surface area contributed by atoms with E-state index in [-0.39, 0.29) is 11.9 Å². The maximum atomic E-state index is 11.8. The fourth-order valence-electron chi connectivity index (χ4n) is 2.55. The summed E-state index contributed by atoms with van der Waals surface area (Å²) in [4.78, 5) is 34.8. The van der Waals surface area contributed by atoms with E-state index >= 15 is 0 Å². The van der Waals surface area contributed by atoms with E-state index in [1.807, 2.05) is 0 Å². The van der Waals surface area contributed by atoms with Crippen molar-refractivity contribution in [1.82, 2.24) is 10.2 Å². The Kier molecular flexibility index (Phi) is 2.45. The molecular weight excluding hydrogens is 214 g/mol. The number of nitrogens with two attached hydrogens (primary N) is 1. The highest BCUT2D eigenvalue weighted by atomic mass is 16.4. The summed E-state index contributed by atoms with van der Waals surface area (Å²) in [7, 11) is 0. The minimum absolute atomic E-state index is 0.0538. The topological polar surface area (TPSA) is 113 Å². The zero-order valence-corrected chi connectivity index (χ0v) is 8.55. The first-order chi connectivity index (χ1) is 7.50. The van der Waals surface area contributed by atoms with Crippen LogP contribution in [0.5, 0.6) is 0 Å². The van der Waals surface area contributed by atoms with Crippen LogP contribution < -0.4 is 11.1 Å². The number of hydrogen-bond donors (Lipinski definition) is 3. The number of nitrogens with zero attached hydrogens (tertiary/aromatic N) is 1. The van der Waals surface area contributed by atoms with Crippen molar-refractivity contribution in [2.75, 3.05) is 0 Å². The Hall–Kier alpha value is -1.79. The van der Waals surface area contributed by atoms with E-state index in [0.29, 0.717) is 19.3 Å². The first-order valence-electron chi connectivity index (χ1n) is 5.11. The number of fused-ring (bicyclic) bond motifs is 1. The summed E-state index contributed by atoms with van der Waals surface area (Å²) in [6.45, 7) is 0. The molecule has 7 nitrogen and oxygen atoms in total. The van der Waals surface area contributed by atoms with Gasteiger partial charge in [-0.1, -0.05) is 0 Å². The lowest BCUT2D eigenvalue weighted by atomic mass is 10.1. The number of hydrogen-bond acceptors (Lipinski definition) is 3. The van der Waals surface area contributed by atoms with Gasteiger partial charge in [0.25, 0.3) is 0 Å². The van der Waals surface area contributed by atoms with E-state index in [2.05, 4.69) is 5.32 Å². The summed E-state index contributed by atoms with van der Waals surface area (Å²) in [5.41, 5.74) is 5.19. The lowest BCUT2D eigenvalue weighted by molar-refractivity contribution is -0.136. The molecular formula is C9H13N3O4. The molecule has 2 saturated heterocycles. The average molecular weight is 227 g/mol. The highest BCUT2D eigenvalue weighted by molar-refractivity contribution is 5.93. The molecule has 0 bridgehead atoms. The highest BCUT2D eigenvalue weighted by Crippen LogP contribution is 2.33. The van der Waals surface area contributed by atoms with Crippen LogP contribution in [0.1, 0.15) is 19.3 Å². The van der Waals surface area contributed by atoms with Gasteiger partial charge in [0.2, 0.25) is 11.8 Å². The fourth-order valence-corrected chi connectivity index (χ4v) is 2.55. The van der Waals surface area contributed by atoms with Crippen LogP contribution in [0.3, 0.4) is 0 Å². The Morgan fingerprint density at radius 2 is 2.12 bits per heavy atom. The number of carbonyl (C=O) groups excluding carboxylic acids is 2. The first-order valence-corrected chi connectivity index (χ1v) is 5.11. The molecule has 2 fully saturated rings. The van der Waals surface area contributed by atoms with Gasteiger partial charge in [-0.05, 0) is 19.3 Å². The van der Waals surface area contributed by atoms with E-state index < -0.39 is 24.1 Å². The predicted octanol–water partition coefficient (Wildman–Crippen LogP) is -1.13. The number of nitrogens with one attached hydrogen (secondary N) is 1. The van der Waals surface area contributed by atoms with Crippen molar-refractivity contribution in [2.24, 2.45) is 5.73 Å². The van der Waals surface area contributed by atoms with E-state index in [4.69, 9.17) is 10.8 Å². The SMILES string of the molecule is NC(=O)[C@@H]1CC[C@H]2C[C@H](NC(=O)O)C(=O)N21. The first kappa shape index (κ1) is 10.7. The summed E-state index contributed by atoms with van der Waals surface area (Å²) in [5.74, 6) is -0.861. The molecule has 0 spiro atoms. The summed E-state index contributed by atoms with van der Waals surface area (Å²) >= 11 is 0. The third-order valence-corrected chi connectivity index (χ3v) is 3.19. The van der Waals surface area contributed by atoms with Crippen molar-refractivity contribution in [1.29, 1.82) is 0 Å². The van der Waals surface area contributed by atoms with Crippen molar-refractivity contribution in [2.45, 2.75) is 37.4 Å². The summed E-state index contributed by atoms with van der Waals surface area (Å²) < 4.78 is 0. The number of carboxylic acid groups (broad SMARTS) is 1. The van der Waals surface area contributed by atoms with Gasteiger partial charge >= 0.3 is 6.09 Å². The zero-order valence-electron chi connectivity index (χ0n) is 8.55. The largest absolute Gasteiger partial charge is 0.465 e. The van der Waals surface area contributed by atoms with E-state index in [0.717, 1.165) is 0 Å². The number of amides is 3. The van der Waals surface area contributed by atoms with Gasteiger partial charge in [-0.3, -0.25) is 9.59 Å². The molecule has 2 aliphatic rings. The van der Waals surface area contributed by atoms with Crippen molar-refractivity contribution < 1.29 is 19.5 Å². The molecule has 0 radical (unpaired) electrons. The average Bonchev–Trinajstić information content (AvgIpc) is 2.68. The number of primary amides is 1. The van der Waals surface area contributed by atoms with Crippen molar-refractivity contribution in [3.05, 3.63) is 0 Å². The molecule has 0 aromatic carbocycles. The lowest BCUT2D eigenvalue weighted by Crippen LogP contribution is -2.47. The second-order valence-corrected chi connectivity index (χ2v) is 4.13. The number of carbonyl (C=O) groups is 3. The van der Waals surface area contributed by atoms with Crippen LogP contribution in [-0.2, 0) is 9.59 Å². The molecule has 0 unspecified atom stereocenters. The summed E-state index contributed by atoms with van der Waals surface area (Å²) in [5, 5.41) is 10.7. The molecule has 2 aliphatic heterocycles. The third-order valence-electron chi connectivity index (χ3n) is 3.19. The van der Waals surface area contributed by atoms with E-state index in [9.17, 15) is 14.4 Å². The van der Waals surface area contributed by atoms with E-state index in [1.54, 1.807) is 0 Å². The van der Waals surface area contributed by atoms with Crippen LogP contribution in [0.2, 0.25) is 0 Å². The molecule has 3 amide bonds. The Balaban J connectivity index is 2.11. The zero-order chi connectivity index (χ0) is 11.9. The molecule has 0 aromatic heterocycles. The quantitative estimate of drug-likeness (QED) is 0.554. The predicted molar refractivity (Wildman–Crippen MR) is 52.4 cm³/mol. The normalized spacial score (nSPS) is 32.6. The van der Waals surface area contributed by atoms with Gasteiger partial charge in [0, 0.05) is 6.04 Å². The van der Waals surface area contributed by atoms with Gasteiger partial charge in [-0.25, -0.2) is 4.79 Å². The highest BCUT2D eigenvalue weighted by Gasteiger charge is 2.48. The Bertz CT molecular complexity index is 357. The molecule has 0 saturated carbocycles. The summed E-state index contributed by atoms with van der Waals surface area (Å²) in [6.07, 6.45) is 0.479. The second kappa shape index (κ2) is 3.66. The van der Waals surface area contributed by atoms with E-state index in [1.165, 1.54) is 4.90 Å². The molecule has 4 N–H and O–H groups in total. The minimum Gasteiger partial charge on any atom is -0.465 e. The van der Waals surface area contributed by atoms with Crippen LogP contribution in [0.25, 0.3) is 0 Å². The van der Waals surface area contributed by atoms with Gasteiger partial charge in [-0.15, -0.1) is 0 Å². The lowest BCUT2D eigenvalue weighted by Gasteiger charge is -2.21. The van der Waals surface area contributed by atoms with Crippen molar-refractivity contribution in [3.8, 4) is 0 Å². The van der Waals surface area contributed by atoms with Crippen LogP contribution in [-0.4, -0.2) is 46.0 Å². The third kappa shape index (κ3) is 1.58. The van der Waals surface area contributed by atoms with Crippen molar-refractivity contribution in [3.63, 3.8) is 0 Å². The van der Waals surface area contributed by atoms with Gasteiger partial charge in [-0.2, -0.15) is 0 Å². The standard InChI is InChI=1S/C9H13N3O4/c10-7(13)6-2-1-4-3-5(11-9(15)16)8(14)12(4)6/h4-6,11H,1-3H2,(H2,10,13)(H,15,16)/t4-,5-,6-/m0/s1. The molecule has 16 heavy (non-hydrogen) atoms. The summed E-state index contributed by atoms with van der Waals surface area (Å²) in [6, 6.07) is -1.36. The van der Waals surface area contributed by atoms with Gasteiger partial charge in [0.15, 0.2) is 0 Å². The maximum Gasteiger partial charge on any atom is 0.405 e. The fraction of sp³-hybridized carbons (Fsp3) is 0.667. The Labute approximate surface area is 91.6 Å². The van der Waals surface area contributed by atoms with Crippen molar-refractivity contribution >= 4 is 17.9 Å². The minimum atomic E-state index is -1.23. The van der Waals surface area contributed by atoms with Gasteiger partial charge < -0.3 is 21.1 Å². The number of rotatable bonds is 2. The maximum absolute atomic E-state index is 11.8. The van der Waals surface area contributed by atoms with Crippen LogP contribution in [0, 0.1) is 0 Å². The molecule has 7 heteroatoms.